The summed E-state index contributed by atoms with van der Waals surface area (Å²) in [6.45, 7) is 6.44. The van der Waals surface area contributed by atoms with Crippen molar-refractivity contribution in [2.24, 2.45) is 17.8 Å². The molecule has 3 heterocycles. The Morgan fingerprint density at radius 3 is 2.58 bits per heavy atom. The second-order valence-corrected chi connectivity index (χ2v) is 9.96. The SMILES string of the molecule is CC(C)n1nc(-c2cnc(N)c(OC(F)(F)F)c2)cc1C1[C@H]2CC(N3CC[C@@H](CO)C3)C[C@@H]12. The molecular weight excluding hydrogens is 435 g/mol. The van der Waals surface area contributed by atoms with E-state index in [1.807, 2.05) is 10.7 Å². The lowest BCUT2D eigenvalue weighted by molar-refractivity contribution is -0.274. The molecule has 3 N–H and O–H groups in total. The fraction of sp³-hybridized carbons (Fsp3) is 0.652. The Morgan fingerprint density at radius 2 is 1.97 bits per heavy atom. The van der Waals surface area contributed by atoms with E-state index >= 15 is 0 Å². The number of aromatic nitrogens is 3. The lowest BCUT2D eigenvalue weighted by Crippen LogP contribution is -2.33. The van der Waals surface area contributed by atoms with Crippen LogP contribution in [-0.2, 0) is 0 Å². The van der Waals surface area contributed by atoms with Gasteiger partial charge >= 0.3 is 6.36 Å². The molecule has 5 atom stereocenters. The zero-order chi connectivity index (χ0) is 23.5. The maximum atomic E-state index is 12.7. The van der Waals surface area contributed by atoms with Crippen molar-refractivity contribution < 1.29 is 23.0 Å². The van der Waals surface area contributed by atoms with Gasteiger partial charge in [0, 0.05) is 48.6 Å². The van der Waals surface area contributed by atoms with Crippen LogP contribution in [0.4, 0.5) is 19.0 Å². The van der Waals surface area contributed by atoms with E-state index in [0.717, 1.165) is 38.0 Å². The molecule has 2 saturated carbocycles. The van der Waals surface area contributed by atoms with E-state index in [9.17, 15) is 18.3 Å². The van der Waals surface area contributed by atoms with Gasteiger partial charge in [-0.25, -0.2) is 4.98 Å². The molecule has 2 aromatic rings. The Bertz CT molecular complexity index is 1010. The highest BCUT2D eigenvalue weighted by molar-refractivity contribution is 5.64. The second-order valence-electron chi connectivity index (χ2n) is 9.96. The van der Waals surface area contributed by atoms with Gasteiger partial charge in [0.25, 0.3) is 0 Å². The van der Waals surface area contributed by atoms with Crippen LogP contribution < -0.4 is 10.5 Å². The van der Waals surface area contributed by atoms with Crippen LogP contribution in [0.5, 0.6) is 5.75 Å². The largest absolute Gasteiger partial charge is 0.573 e. The first-order valence-electron chi connectivity index (χ1n) is 11.6. The molecule has 2 aromatic heterocycles. The van der Waals surface area contributed by atoms with E-state index in [1.54, 1.807) is 0 Å². The molecule has 7 nitrogen and oxygen atoms in total. The molecule has 33 heavy (non-hydrogen) atoms. The van der Waals surface area contributed by atoms with Gasteiger partial charge in [0.1, 0.15) is 0 Å². The van der Waals surface area contributed by atoms with Crippen molar-refractivity contribution >= 4 is 5.82 Å². The van der Waals surface area contributed by atoms with Crippen molar-refractivity contribution in [1.29, 1.82) is 0 Å². The predicted molar refractivity (Wildman–Crippen MR) is 116 cm³/mol. The van der Waals surface area contributed by atoms with E-state index in [2.05, 4.69) is 28.5 Å². The number of halogens is 3. The van der Waals surface area contributed by atoms with E-state index in [1.165, 1.54) is 12.3 Å². The molecule has 1 aliphatic heterocycles. The summed E-state index contributed by atoms with van der Waals surface area (Å²) >= 11 is 0. The highest BCUT2D eigenvalue weighted by atomic mass is 19.4. The molecule has 10 heteroatoms. The first-order valence-corrected chi connectivity index (χ1v) is 11.6. The summed E-state index contributed by atoms with van der Waals surface area (Å²) in [5, 5.41) is 14.1. The predicted octanol–water partition coefficient (Wildman–Crippen LogP) is 3.81. The average molecular weight is 466 g/mol. The van der Waals surface area contributed by atoms with Gasteiger partial charge in [-0.2, -0.15) is 5.10 Å². The Labute approximate surface area is 190 Å². The number of rotatable bonds is 6. The zero-order valence-corrected chi connectivity index (χ0v) is 18.8. The van der Waals surface area contributed by atoms with Crippen LogP contribution in [0.25, 0.3) is 11.3 Å². The zero-order valence-electron chi connectivity index (χ0n) is 18.8. The van der Waals surface area contributed by atoms with Crippen molar-refractivity contribution in [3.05, 3.63) is 24.0 Å². The number of aliphatic hydroxyl groups is 1. The number of anilines is 1. The number of hydrogen-bond donors (Lipinski definition) is 2. The number of alkyl halides is 3. The molecule has 0 bridgehead atoms. The van der Waals surface area contributed by atoms with E-state index < -0.39 is 12.1 Å². The van der Waals surface area contributed by atoms with E-state index in [-0.39, 0.29) is 18.5 Å². The van der Waals surface area contributed by atoms with Crippen LogP contribution in [-0.4, -0.2) is 56.9 Å². The second kappa shape index (κ2) is 8.16. The first-order chi connectivity index (χ1) is 15.6. The summed E-state index contributed by atoms with van der Waals surface area (Å²) in [4.78, 5) is 6.43. The summed E-state index contributed by atoms with van der Waals surface area (Å²) in [6.07, 6.45) is -0.0292. The number of fused-ring (bicyclic) bond motifs is 1. The topological polar surface area (TPSA) is 89.4 Å². The molecule has 1 saturated heterocycles. The number of nitrogen functional groups attached to an aromatic ring is 1. The quantitative estimate of drug-likeness (QED) is 0.674. The highest BCUT2D eigenvalue weighted by Crippen LogP contribution is 2.64. The van der Waals surface area contributed by atoms with Crippen LogP contribution >= 0.6 is 0 Å². The van der Waals surface area contributed by atoms with Crippen molar-refractivity contribution in [1.82, 2.24) is 19.7 Å². The Balaban J connectivity index is 1.34. The Kier molecular flexibility index (Phi) is 5.55. The van der Waals surface area contributed by atoms with Crippen LogP contribution in [0.2, 0.25) is 0 Å². The smallest absolute Gasteiger partial charge is 0.402 e. The van der Waals surface area contributed by atoms with Gasteiger partial charge in [0.2, 0.25) is 0 Å². The minimum atomic E-state index is -4.84. The van der Waals surface area contributed by atoms with Crippen molar-refractivity contribution in [3.63, 3.8) is 0 Å². The van der Waals surface area contributed by atoms with Gasteiger partial charge in [-0.15, -0.1) is 13.2 Å². The number of hydrogen-bond acceptors (Lipinski definition) is 6. The maximum Gasteiger partial charge on any atom is 0.573 e. The van der Waals surface area contributed by atoms with Crippen LogP contribution in [0, 0.1) is 17.8 Å². The lowest BCUT2D eigenvalue weighted by Gasteiger charge is -2.26. The summed E-state index contributed by atoms with van der Waals surface area (Å²) in [5.74, 6) is 1.22. The van der Waals surface area contributed by atoms with Crippen molar-refractivity contribution in [3.8, 4) is 17.0 Å². The monoisotopic (exact) mass is 465 g/mol. The summed E-state index contributed by atoms with van der Waals surface area (Å²) < 4.78 is 44.2. The van der Waals surface area contributed by atoms with Crippen molar-refractivity contribution in [2.75, 3.05) is 25.4 Å². The summed E-state index contributed by atoms with van der Waals surface area (Å²) in [6, 6.07) is 3.95. The fourth-order valence-electron chi connectivity index (χ4n) is 5.91. The molecule has 2 unspecified atom stereocenters. The molecule has 180 valence electrons. The van der Waals surface area contributed by atoms with Gasteiger partial charge in [-0.3, -0.25) is 9.58 Å². The highest BCUT2D eigenvalue weighted by Gasteiger charge is 2.59. The van der Waals surface area contributed by atoms with Gasteiger partial charge in [0.05, 0.1) is 5.69 Å². The Morgan fingerprint density at radius 1 is 1.24 bits per heavy atom. The van der Waals surface area contributed by atoms with E-state index in [0.29, 0.717) is 41.0 Å². The van der Waals surface area contributed by atoms with Crippen LogP contribution in [0.15, 0.2) is 18.3 Å². The molecule has 0 aromatic carbocycles. The number of ether oxygens (including phenoxy) is 1. The average Bonchev–Trinajstić information content (AvgIpc) is 3.23. The van der Waals surface area contributed by atoms with E-state index in [4.69, 9.17) is 10.8 Å². The number of nitrogens with two attached hydrogens (primary N) is 1. The number of aliphatic hydroxyl groups excluding tert-OH is 1. The normalized spacial score (nSPS) is 29.6. The first kappa shape index (κ1) is 22.5. The third-order valence-electron chi connectivity index (χ3n) is 7.51. The minimum absolute atomic E-state index is 0.127. The maximum absolute atomic E-state index is 12.7. The standard InChI is InChI=1S/C23H30F3N5O2/c1-12(2)31-19(21-16-6-15(7-17(16)21)30-4-3-13(10-30)11-32)8-18(29-31)14-5-20(22(27)28-9-14)33-23(24,25)26/h5,8-9,12-13,15-17,21,32H,3-4,6-7,10-11H2,1-2H3,(H2,27,28)/t13-,15?,16-,17+,21?/m1/s1. The number of pyridine rings is 1. The van der Waals surface area contributed by atoms with Gasteiger partial charge in [-0.1, -0.05) is 0 Å². The summed E-state index contributed by atoms with van der Waals surface area (Å²) in [7, 11) is 0. The van der Waals surface area contributed by atoms with Crippen molar-refractivity contribution in [2.45, 2.75) is 57.5 Å². The third-order valence-corrected chi connectivity index (χ3v) is 7.51. The van der Waals surface area contributed by atoms with Gasteiger partial charge in [0.15, 0.2) is 11.6 Å². The number of likely N-dealkylation sites (tertiary alicyclic amines) is 1. The minimum Gasteiger partial charge on any atom is -0.402 e. The molecule has 0 spiro atoms. The molecular formula is C23H30F3N5O2. The lowest BCUT2D eigenvalue weighted by atomic mass is 10.0. The summed E-state index contributed by atoms with van der Waals surface area (Å²) in [5.41, 5.74) is 7.74. The van der Waals surface area contributed by atoms with Crippen LogP contribution in [0.1, 0.15) is 50.8 Å². The molecule has 3 fully saturated rings. The molecule has 0 radical (unpaired) electrons. The molecule has 3 aliphatic rings. The third kappa shape index (κ3) is 4.30. The van der Waals surface area contributed by atoms with Gasteiger partial charge < -0.3 is 15.6 Å². The molecule has 2 aliphatic carbocycles. The fourth-order valence-corrected chi connectivity index (χ4v) is 5.91. The molecule has 5 rings (SSSR count). The van der Waals surface area contributed by atoms with Crippen LogP contribution in [0.3, 0.4) is 0 Å². The molecule has 0 amide bonds. The van der Waals surface area contributed by atoms with Gasteiger partial charge in [-0.05, 0) is 69.5 Å². The number of nitrogens with zero attached hydrogens (tertiary/aromatic N) is 4. The Hall–Kier alpha value is -2.33.